The van der Waals surface area contributed by atoms with Gasteiger partial charge in [0.25, 0.3) is 10.0 Å². The zero-order valence-corrected chi connectivity index (χ0v) is 18.5. The Balaban J connectivity index is 1.63. The maximum Gasteiger partial charge on any atom is 0.261 e. The summed E-state index contributed by atoms with van der Waals surface area (Å²) in [7, 11) is -3.72. The summed E-state index contributed by atoms with van der Waals surface area (Å²) in [5.41, 5.74) is 2.77. The van der Waals surface area contributed by atoms with Crippen LogP contribution in [-0.4, -0.2) is 27.5 Å². The van der Waals surface area contributed by atoms with E-state index in [4.69, 9.17) is 4.74 Å². The van der Waals surface area contributed by atoms with Crippen LogP contribution in [0.2, 0.25) is 0 Å². The van der Waals surface area contributed by atoms with Gasteiger partial charge in [0.15, 0.2) is 0 Å². The lowest BCUT2D eigenvalue weighted by molar-refractivity contribution is -0.127. The van der Waals surface area contributed by atoms with Crippen molar-refractivity contribution in [1.29, 1.82) is 0 Å². The van der Waals surface area contributed by atoms with Crippen LogP contribution in [-0.2, 0) is 27.7 Å². The van der Waals surface area contributed by atoms with E-state index in [9.17, 15) is 13.2 Å². The number of sulfonamides is 1. The van der Waals surface area contributed by atoms with Crippen LogP contribution in [0.1, 0.15) is 44.7 Å². The van der Waals surface area contributed by atoms with Crippen molar-refractivity contribution in [3.05, 3.63) is 47.5 Å². The summed E-state index contributed by atoms with van der Waals surface area (Å²) in [5, 5.41) is 0. The summed E-state index contributed by atoms with van der Waals surface area (Å²) in [6.07, 6.45) is 4.17. The highest BCUT2D eigenvalue weighted by molar-refractivity contribution is 7.92. The van der Waals surface area contributed by atoms with Crippen LogP contribution in [0.25, 0.3) is 0 Å². The molecule has 2 aromatic carbocycles. The molecule has 4 rings (SSSR count). The van der Waals surface area contributed by atoms with Crippen molar-refractivity contribution in [2.24, 2.45) is 5.41 Å². The van der Waals surface area contributed by atoms with Crippen LogP contribution < -0.4 is 14.4 Å². The van der Waals surface area contributed by atoms with Crippen molar-refractivity contribution >= 4 is 27.3 Å². The molecular weight excluding hydrogens is 400 g/mol. The molecule has 1 aliphatic heterocycles. The molecule has 1 N–H and O–H groups in total. The van der Waals surface area contributed by atoms with Crippen LogP contribution in [0.15, 0.2) is 41.3 Å². The number of nitrogens with zero attached hydrogens (tertiary/aromatic N) is 1. The first-order valence-corrected chi connectivity index (χ1v) is 11.9. The molecule has 0 unspecified atom stereocenters. The van der Waals surface area contributed by atoms with Crippen molar-refractivity contribution in [2.75, 3.05) is 22.8 Å². The van der Waals surface area contributed by atoms with E-state index < -0.39 is 15.4 Å². The standard InChI is InChI=1S/C23H28N2O4S/c1-4-25-20-12-10-18(14-21(20)29-15-23(2,3)22(25)26)24-30(27,28)19-11-9-16-7-5-6-8-17(16)13-19/h9-14,24H,4-8,15H2,1-3H3. The Labute approximate surface area is 178 Å². The third kappa shape index (κ3) is 3.78. The molecule has 0 radical (unpaired) electrons. The quantitative estimate of drug-likeness (QED) is 0.794. The fraction of sp³-hybridized carbons (Fsp3) is 0.435. The summed E-state index contributed by atoms with van der Waals surface area (Å²) in [6.45, 7) is 6.36. The second-order valence-corrected chi connectivity index (χ2v) is 10.3. The number of hydrogen-bond donors (Lipinski definition) is 1. The topological polar surface area (TPSA) is 75.7 Å². The van der Waals surface area contributed by atoms with Gasteiger partial charge in [0.2, 0.25) is 5.91 Å². The van der Waals surface area contributed by atoms with Gasteiger partial charge < -0.3 is 9.64 Å². The Kier molecular flexibility index (Phi) is 5.26. The molecule has 1 amide bonds. The molecule has 7 heteroatoms. The van der Waals surface area contributed by atoms with E-state index >= 15 is 0 Å². The highest BCUT2D eigenvalue weighted by Gasteiger charge is 2.37. The van der Waals surface area contributed by atoms with Gasteiger partial charge in [-0.2, -0.15) is 0 Å². The van der Waals surface area contributed by atoms with Crippen LogP contribution >= 0.6 is 0 Å². The van der Waals surface area contributed by atoms with Gasteiger partial charge in [0.1, 0.15) is 12.4 Å². The first-order chi connectivity index (χ1) is 14.2. The number of aryl methyl sites for hydroxylation is 2. The van der Waals surface area contributed by atoms with Gasteiger partial charge in [-0.25, -0.2) is 8.42 Å². The van der Waals surface area contributed by atoms with E-state index in [2.05, 4.69) is 4.72 Å². The summed E-state index contributed by atoms with van der Waals surface area (Å²) in [5.74, 6) is 0.493. The van der Waals surface area contributed by atoms with Gasteiger partial charge in [-0.15, -0.1) is 0 Å². The number of hydrogen-bond acceptors (Lipinski definition) is 4. The maximum atomic E-state index is 13.0. The molecule has 6 nitrogen and oxygen atoms in total. The van der Waals surface area contributed by atoms with Crippen LogP contribution in [0.4, 0.5) is 11.4 Å². The van der Waals surface area contributed by atoms with Gasteiger partial charge >= 0.3 is 0 Å². The molecule has 0 spiro atoms. The SMILES string of the molecule is CCN1C(=O)C(C)(C)COc2cc(NS(=O)(=O)c3ccc4c(c3)CCCC4)ccc21. The molecule has 1 heterocycles. The fourth-order valence-electron chi connectivity index (χ4n) is 4.12. The molecule has 0 saturated carbocycles. The normalized spacial score (nSPS) is 18.1. The predicted molar refractivity (Wildman–Crippen MR) is 118 cm³/mol. The molecule has 0 fully saturated rings. The van der Waals surface area contributed by atoms with Gasteiger partial charge in [-0.05, 0) is 81.8 Å². The monoisotopic (exact) mass is 428 g/mol. The van der Waals surface area contributed by atoms with E-state index in [0.717, 1.165) is 31.2 Å². The van der Waals surface area contributed by atoms with E-state index in [1.54, 1.807) is 35.2 Å². The largest absolute Gasteiger partial charge is 0.490 e. The Morgan fingerprint density at radius 3 is 2.53 bits per heavy atom. The number of carbonyl (C=O) groups is 1. The lowest BCUT2D eigenvalue weighted by atomic mass is 9.92. The fourth-order valence-corrected chi connectivity index (χ4v) is 5.22. The Morgan fingerprint density at radius 2 is 1.80 bits per heavy atom. The predicted octanol–water partition coefficient (Wildman–Crippen LogP) is 4.14. The number of nitrogens with one attached hydrogen (secondary N) is 1. The van der Waals surface area contributed by atoms with E-state index in [0.29, 0.717) is 23.7 Å². The minimum Gasteiger partial charge on any atom is -0.490 e. The lowest BCUT2D eigenvalue weighted by Crippen LogP contribution is -2.42. The first-order valence-electron chi connectivity index (χ1n) is 10.4. The number of ether oxygens (including phenoxy) is 1. The van der Waals surface area contributed by atoms with Crippen molar-refractivity contribution in [1.82, 2.24) is 0 Å². The third-order valence-electron chi connectivity index (χ3n) is 5.86. The zero-order valence-electron chi connectivity index (χ0n) is 17.7. The van der Waals surface area contributed by atoms with Gasteiger partial charge in [-0.3, -0.25) is 9.52 Å². The number of benzene rings is 2. The number of carbonyl (C=O) groups excluding carboxylic acids is 1. The average Bonchev–Trinajstić information content (AvgIpc) is 2.81. The van der Waals surface area contributed by atoms with Crippen LogP contribution in [0.5, 0.6) is 5.75 Å². The smallest absolute Gasteiger partial charge is 0.261 e. The Bertz CT molecular complexity index is 1090. The maximum absolute atomic E-state index is 13.0. The molecule has 2 aliphatic rings. The highest BCUT2D eigenvalue weighted by Crippen LogP contribution is 2.38. The highest BCUT2D eigenvalue weighted by atomic mass is 32.2. The lowest BCUT2D eigenvalue weighted by Gasteiger charge is -2.26. The van der Waals surface area contributed by atoms with Crippen molar-refractivity contribution < 1.29 is 17.9 Å². The van der Waals surface area contributed by atoms with Gasteiger partial charge in [0.05, 0.1) is 21.7 Å². The van der Waals surface area contributed by atoms with Gasteiger partial charge in [-0.1, -0.05) is 6.07 Å². The summed E-state index contributed by atoms with van der Waals surface area (Å²) >= 11 is 0. The molecule has 0 aromatic heterocycles. The van der Waals surface area contributed by atoms with E-state index in [1.165, 1.54) is 5.56 Å². The third-order valence-corrected chi connectivity index (χ3v) is 7.24. The minimum absolute atomic E-state index is 0.00820. The van der Waals surface area contributed by atoms with Crippen LogP contribution in [0.3, 0.4) is 0 Å². The summed E-state index contributed by atoms with van der Waals surface area (Å²) in [4.78, 5) is 14.8. The number of fused-ring (bicyclic) bond motifs is 2. The molecule has 0 saturated heterocycles. The molecule has 2 aromatic rings. The van der Waals surface area contributed by atoms with Crippen molar-refractivity contribution in [2.45, 2.75) is 51.3 Å². The molecule has 0 bridgehead atoms. The molecular formula is C23H28N2O4S. The van der Waals surface area contributed by atoms with Gasteiger partial charge in [0, 0.05) is 12.6 Å². The molecule has 0 atom stereocenters. The second kappa shape index (κ2) is 7.61. The Hall–Kier alpha value is -2.54. The zero-order chi connectivity index (χ0) is 21.5. The van der Waals surface area contributed by atoms with E-state index in [-0.39, 0.29) is 17.4 Å². The molecule has 30 heavy (non-hydrogen) atoms. The first kappa shape index (κ1) is 20.7. The summed E-state index contributed by atoms with van der Waals surface area (Å²) < 4.78 is 34.5. The Morgan fingerprint density at radius 1 is 1.07 bits per heavy atom. The second-order valence-electron chi connectivity index (χ2n) is 8.65. The molecule has 1 aliphatic carbocycles. The van der Waals surface area contributed by atoms with Crippen LogP contribution in [0, 0.1) is 5.41 Å². The summed E-state index contributed by atoms with van der Waals surface area (Å²) in [6, 6.07) is 10.5. The number of anilines is 2. The van der Waals surface area contributed by atoms with Crippen molar-refractivity contribution in [3.8, 4) is 5.75 Å². The molecule has 160 valence electrons. The van der Waals surface area contributed by atoms with Crippen molar-refractivity contribution in [3.63, 3.8) is 0 Å². The number of amides is 1. The number of rotatable bonds is 4. The van der Waals surface area contributed by atoms with E-state index in [1.807, 2.05) is 26.8 Å². The minimum atomic E-state index is -3.72. The average molecular weight is 429 g/mol.